The predicted molar refractivity (Wildman–Crippen MR) is 60.5 cm³/mol. The Bertz CT molecular complexity index is 349. The Labute approximate surface area is 96.6 Å². The molecule has 0 saturated heterocycles. The zero-order chi connectivity index (χ0) is 11.1. The first-order valence-corrected chi connectivity index (χ1v) is 5.71. The van der Waals surface area contributed by atoms with Crippen LogP contribution in [0.5, 0.6) is 5.75 Å². The molecule has 1 rings (SSSR count). The number of para-hydroxylation sites is 1. The highest BCUT2D eigenvalue weighted by Crippen LogP contribution is 2.16. The molecule has 0 aliphatic carbocycles. The first kappa shape index (κ1) is 11.9. The molecule has 3 nitrogen and oxygen atoms in total. The number of ether oxygens (including phenoxy) is 1. The second-order valence-electron chi connectivity index (χ2n) is 2.92. The second-order valence-corrected chi connectivity index (χ2v) is 3.72. The van der Waals surface area contributed by atoms with Crippen LogP contribution in [0, 0.1) is 0 Å². The van der Waals surface area contributed by atoms with Gasteiger partial charge in [0.2, 0.25) is 0 Å². The highest BCUT2D eigenvalue weighted by Gasteiger charge is 2.07. The maximum atomic E-state index is 11.3. The smallest absolute Gasteiger partial charge is 0.311 e. The molecule has 1 aromatic carbocycles. The van der Waals surface area contributed by atoms with Crippen LogP contribution >= 0.6 is 15.9 Å². The van der Waals surface area contributed by atoms with Gasteiger partial charge in [0.15, 0.2) is 6.29 Å². The molecule has 0 atom stereocenters. The summed E-state index contributed by atoms with van der Waals surface area (Å²) in [6.07, 6.45) is 1.74. The van der Waals surface area contributed by atoms with Crippen molar-refractivity contribution in [3.05, 3.63) is 29.8 Å². The van der Waals surface area contributed by atoms with E-state index in [1.54, 1.807) is 24.3 Å². The van der Waals surface area contributed by atoms with Gasteiger partial charge in [-0.2, -0.15) is 0 Å². The van der Waals surface area contributed by atoms with Crippen molar-refractivity contribution in [2.24, 2.45) is 0 Å². The second kappa shape index (κ2) is 6.35. The van der Waals surface area contributed by atoms with Crippen molar-refractivity contribution in [1.82, 2.24) is 0 Å². The summed E-state index contributed by atoms with van der Waals surface area (Å²) in [4.78, 5) is 21.9. The zero-order valence-corrected chi connectivity index (χ0v) is 9.70. The van der Waals surface area contributed by atoms with Gasteiger partial charge in [-0.1, -0.05) is 28.1 Å². The van der Waals surface area contributed by atoms with E-state index in [2.05, 4.69) is 15.9 Å². The van der Waals surface area contributed by atoms with Crippen LogP contribution < -0.4 is 4.74 Å². The first-order chi connectivity index (χ1) is 7.27. The topological polar surface area (TPSA) is 43.4 Å². The highest BCUT2D eigenvalue weighted by molar-refractivity contribution is 9.09. The van der Waals surface area contributed by atoms with Crippen molar-refractivity contribution in [3.63, 3.8) is 0 Å². The van der Waals surface area contributed by atoms with Gasteiger partial charge in [-0.15, -0.1) is 0 Å². The van der Waals surface area contributed by atoms with Gasteiger partial charge in [-0.05, 0) is 18.6 Å². The molecule has 80 valence electrons. The molecule has 1 aromatic rings. The van der Waals surface area contributed by atoms with Crippen molar-refractivity contribution < 1.29 is 14.3 Å². The molecule has 0 unspecified atom stereocenters. The van der Waals surface area contributed by atoms with Gasteiger partial charge < -0.3 is 4.74 Å². The average molecular weight is 271 g/mol. The van der Waals surface area contributed by atoms with E-state index in [1.807, 2.05) is 0 Å². The molecule has 0 heterocycles. The fourth-order valence-electron chi connectivity index (χ4n) is 1.06. The maximum Gasteiger partial charge on any atom is 0.311 e. The maximum absolute atomic E-state index is 11.3. The Hall–Kier alpha value is -1.16. The molecule has 0 saturated carbocycles. The van der Waals surface area contributed by atoms with E-state index >= 15 is 0 Å². The summed E-state index contributed by atoms with van der Waals surface area (Å²) in [7, 11) is 0. The van der Waals surface area contributed by atoms with Gasteiger partial charge in [-0.3, -0.25) is 9.59 Å². The van der Waals surface area contributed by atoms with Crippen LogP contribution in [0.15, 0.2) is 24.3 Å². The molecular weight excluding hydrogens is 260 g/mol. The number of alkyl halides is 1. The van der Waals surface area contributed by atoms with Gasteiger partial charge in [0.05, 0.1) is 5.56 Å². The summed E-state index contributed by atoms with van der Waals surface area (Å²) in [5.74, 6) is 0.0100. The van der Waals surface area contributed by atoms with E-state index in [9.17, 15) is 9.59 Å². The quantitative estimate of drug-likeness (QED) is 0.358. The molecule has 0 radical (unpaired) electrons. The minimum absolute atomic E-state index is 0.316. The van der Waals surface area contributed by atoms with Gasteiger partial charge in [-0.25, -0.2) is 0 Å². The molecule has 0 spiro atoms. The Kier molecular flexibility index (Phi) is 5.04. The van der Waals surface area contributed by atoms with Gasteiger partial charge in [0, 0.05) is 11.8 Å². The number of esters is 1. The van der Waals surface area contributed by atoms with Crippen LogP contribution in [0.1, 0.15) is 23.2 Å². The molecule has 0 bridgehead atoms. The number of hydrogen-bond acceptors (Lipinski definition) is 3. The van der Waals surface area contributed by atoms with Gasteiger partial charge >= 0.3 is 5.97 Å². The summed E-state index contributed by atoms with van der Waals surface area (Å²) in [5, 5.41) is 0.761. The van der Waals surface area contributed by atoms with E-state index in [4.69, 9.17) is 4.74 Å². The van der Waals surface area contributed by atoms with E-state index < -0.39 is 0 Å². The molecule has 0 aliphatic rings. The summed E-state index contributed by atoms with van der Waals surface area (Å²) >= 11 is 3.23. The number of hydrogen-bond donors (Lipinski definition) is 0. The number of carbonyl (C=O) groups is 2. The molecule has 0 aromatic heterocycles. The Balaban J connectivity index is 2.63. The normalized spacial score (nSPS) is 9.67. The fourth-order valence-corrected chi connectivity index (χ4v) is 1.34. The number of halogens is 1. The number of rotatable bonds is 5. The lowest BCUT2D eigenvalue weighted by Gasteiger charge is -2.05. The van der Waals surface area contributed by atoms with Gasteiger partial charge in [0.25, 0.3) is 0 Å². The summed E-state index contributed by atoms with van der Waals surface area (Å²) in [6.45, 7) is 0. The lowest BCUT2D eigenvalue weighted by Crippen LogP contribution is -2.09. The minimum atomic E-state index is -0.316. The summed E-state index contributed by atoms with van der Waals surface area (Å²) in [6, 6.07) is 6.66. The number of benzene rings is 1. The van der Waals surface area contributed by atoms with Crippen molar-refractivity contribution in [2.75, 3.05) is 5.33 Å². The standard InChI is InChI=1S/C11H11BrO3/c12-7-3-6-11(14)15-10-5-2-1-4-9(10)8-13/h1-2,4-5,8H,3,6-7H2. The third-order valence-corrected chi connectivity index (χ3v) is 2.35. The van der Waals surface area contributed by atoms with Crippen LogP contribution in [0.4, 0.5) is 0 Å². The molecule has 15 heavy (non-hydrogen) atoms. The van der Waals surface area contributed by atoms with Crippen molar-refractivity contribution in [3.8, 4) is 5.75 Å². The molecule has 0 fully saturated rings. The average Bonchev–Trinajstić information content (AvgIpc) is 2.27. The van der Waals surface area contributed by atoms with Crippen LogP contribution in [-0.2, 0) is 4.79 Å². The first-order valence-electron chi connectivity index (χ1n) is 4.58. The van der Waals surface area contributed by atoms with Gasteiger partial charge in [0.1, 0.15) is 5.75 Å². The monoisotopic (exact) mass is 270 g/mol. The van der Waals surface area contributed by atoms with Crippen LogP contribution in [0.3, 0.4) is 0 Å². The highest BCUT2D eigenvalue weighted by atomic mass is 79.9. The fraction of sp³-hybridized carbons (Fsp3) is 0.273. The van der Waals surface area contributed by atoms with E-state index in [-0.39, 0.29) is 5.97 Å². The van der Waals surface area contributed by atoms with E-state index in [1.165, 1.54) is 0 Å². The minimum Gasteiger partial charge on any atom is -0.426 e. The van der Waals surface area contributed by atoms with Crippen molar-refractivity contribution >= 4 is 28.2 Å². The van der Waals surface area contributed by atoms with Crippen molar-refractivity contribution in [2.45, 2.75) is 12.8 Å². The molecule has 0 N–H and O–H groups in total. The van der Waals surface area contributed by atoms with Crippen LogP contribution in [0.25, 0.3) is 0 Å². The Morgan fingerprint density at radius 3 is 2.80 bits per heavy atom. The Morgan fingerprint density at radius 1 is 1.40 bits per heavy atom. The lowest BCUT2D eigenvalue weighted by molar-refractivity contribution is -0.134. The molecule has 0 amide bonds. The predicted octanol–water partition coefficient (Wildman–Crippen LogP) is 2.58. The van der Waals surface area contributed by atoms with Crippen LogP contribution in [-0.4, -0.2) is 17.6 Å². The lowest BCUT2D eigenvalue weighted by atomic mass is 10.2. The summed E-state index contributed by atoms with van der Waals surface area (Å²) in [5.41, 5.74) is 0.393. The SMILES string of the molecule is O=Cc1ccccc1OC(=O)CCCBr. The van der Waals surface area contributed by atoms with Crippen LogP contribution in [0.2, 0.25) is 0 Å². The summed E-state index contributed by atoms with van der Waals surface area (Å²) < 4.78 is 5.05. The number of aldehydes is 1. The van der Waals surface area contributed by atoms with E-state index in [0.29, 0.717) is 24.0 Å². The number of carbonyl (C=O) groups excluding carboxylic acids is 2. The van der Waals surface area contributed by atoms with Crippen molar-refractivity contribution in [1.29, 1.82) is 0 Å². The Morgan fingerprint density at radius 2 is 2.13 bits per heavy atom. The molecule has 4 heteroatoms. The zero-order valence-electron chi connectivity index (χ0n) is 8.11. The third kappa shape index (κ3) is 3.83. The molecule has 0 aliphatic heterocycles. The third-order valence-electron chi connectivity index (χ3n) is 1.78. The largest absolute Gasteiger partial charge is 0.426 e. The van der Waals surface area contributed by atoms with E-state index in [0.717, 1.165) is 11.8 Å². The molecular formula is C11H11BrO3.